The van der Waals surface area contributed by atoms with Crippen LogP contribution in [-0.4, -0.2) is 10.4 Å². The summed E-state index contributed by atoms with van der Waals surface area (Å²) in [5, 5.41) is 1.58. The van der Waals surface area contributed by atoms with Gasteiger partial charge in [-0.1, -0.05) is 25.1 Å². The van der Waals surface area contributed by atoms with E-state index in [1.54, 1.807) is 12.3 Å². The van der Waals surface area contributed by atoms with Gasteiger partial charge in [0, 0.05) is 18.0 Å². The number of Topliss-reactive ketones (excluding diaryl/α,β-unsaturated/α-hetero) is 1. The minimum absolute atomic E-state index is 0.0902. The normalized spacial score (nSPS) is 10.6. The zero-order valence-electron chi connectivity index (χ0n) is 9.85. The van der Waals surface area contributed by atoms with Crippen molar-refractivity contribution in [3.8, 4) is 0 Å². The summed E-state index contributed by atoms with van der Waals surface area (Å²) >= 11 is 0. The van der Waals surface area contributed by atoms with Crippen molar-refractivity contribution < 1.29 is 4.79 Å². The van der Waals surface area contributed by atoms with E-state index in [0.717, 1.165) is 11.8 Å². The Morgan fingerprint density at radius 2 is 2.00 bits per heavy atom. The van der Waals surface area contributed by atoms with Crippen LogP contribution in [0.1, 0.15) is 19.8 Å². The number of fused-ring (bicyclic) bond motifs is 1. The molecule has 1 aromatic heterocycles. The van der Waals surface area contributed by atoms with Gasteiger partial charge in [-0.3, -0.25) is 9.59 Å². The highest BCUT2D eigenvalue weighted by molar-refractivity contribution is 5.82. The minimum atomic E-state index is -0.0902. The fraction of sp³-hybridized carbons (Fsp3) is 0.286. The molecular weight excluding hydrogens is 214 g/mol. The van der Waals surface area contributed by atoms with Crippen LogP contribution in [-0.2, 0) is 11.3 Å². The van der Waals surface area contributed by atoms with Crippen molar-refractivity contribution in [2.45, 2.75) is 26.3 Å². The van der Waals surface area contributed by atoms with Gasteiger partial charge in [0.05, 0.1) is 6.54 Å². The molecule has 0 fully saturated rings. The van der Waals surface area contributed by atoms with Gasteiger partial charge in [0.1, 0.15) is 0 Å². The third-order valence-corrected chi connectivity index (χ3v) is 2.76. The number of nitrogens with zero attached hydrogens (tertiary/aromatic N) is 1. The Hall–Kier alpha value is -1.90. The molecule has 0 saturated carbocycles. The zero-order chi connectivity index (χ0) is 12.3. The highest BCUT2D eigenvalue weighted by Crippen LogP contribution is 2.08. The second-order valence-corrected chi connectivity index (χ2v) is 4.12. The number of hydrogen-bond donors (Lipinski definition) is 0. The van der Waals surface area contributed by atoms with Crippen molar-refractivity contribution in [1.82, 2.24) is 4.57 Å². The molecule has 0 radical (unpaired) electrons. The van der Waals surface area contributed by atoms with Crippen LogP contribution in [0.25, 0.3) is 10.8 Å². The van der Waals surface area contributed by atoms with Crippen LogP contribution in [0.3, 0.4) is 0 Å². The molecule has 2 rings (SSSR count). The van der Waals surface area contributed by atoms with Crippen LogP contribution >= 0.6 is 0 Å². The molecule has 0 aliphatic carbocycles. The smallest absolute Gasteiger partial charge is 0.258 e. The van der Waals surface area contributed by atoms with Gasteiger partial charge in [0.25, 0.3) is 5.56 Å². The number of aromatic nitrogens is 1. The lowest BCUT2D eigenvalue weighted by atomic mass is 10.1. The molecule has 0 spiro atoms. The second kappa shape index (κ2) is 4.95. The van der Waals surface area contributed by atoms with Gasteiger partial charge in [-0.05, 0) is 23.9 Å². The van der Waals surface area contributed by atoms with Crippen molar-refractivity contribution in [3.05, 3.63) is 46.9 Å². The van der Waals surface area contributed by atoms with Crippen LogP contribution < -0.4 is 5.56 Å². The van der Waals surface area contributed by atoms with E-state index in [4.69, 9.17) is 0 Å². The number of benzene rings is 1. The van der Waals surface area contributed by atoms with Crippen molar-refractivity contribution in [2.75, 3.05) is 0 Å². The van der Waals surface area contributed by atoms with Gasteiger partial charge in [-0.25, -0.2) is 0 Å². The second-order valence-electron chi connectivity index (χ2n) is 4.12. The summed E-state index contributed by atoms with van der Waals surface area (Å²) in [6.07, 6.45) is 3.04. The Labute approximate surface area is 99.7 Å². The molecule has 2 aromatic rings. The summed E-state index contributed by atoms with van der Waals surface area (Å²) in [5.41, 5.74) is -0.0902. The molecule has 0 aliphatic heterocycles. The molecule has 1 aromatic carbocycles. The molecular formula is C14H15NO2. The van der Waals surface area contributed by atoms with Crippen molar-refractivity contribution in [1.29, 1.82) is 0 Å². The van der Waals surface area contributed by atoms with Gasteiger partial charge >= 0.3 is 0 Å². The van der Waals surface area contributed by atoms with E-state index < -0.39 is 0 Å². The summed E-state index contributed by atoms with van der Waals surface area (Å²) in [7, 11) is 0. The lowest BCUT2D eigenvalue weighted by molar-refractivity contribution is -0.119. The SMILES string of the molecule is CCCC(=O)Cn1ccc2ccccc2c1=O. The molecule has 0 atom stereocenters. The van der Waals surface area contributed by atoms with Crippen molar-refractivity contribution >= 4 is 16.6 Å². The van der Waals surface area contributed by atoms with Crippen LogP contribution in [0.2, 0.25) is 0 Å². The molecule has 0 saturated heterocycles. The van der Waals surface area contributed by atoms with Gasteiger partial charge in [0.2, 0.25) is 0 Å². The molecule has 1 heterocycles. The van der Waals surface area contributed by atoms with E-state index in [-0.39, 0.29) is 17.9 Å². The lowest BCUT2D eigenvalue weighted by Crippen LogP contribution is -2.23. The zero-order valence-corrected chi connectivity index (χ0v) is 9.85. The summed E-state index contributed by atoms with van der Waals surface area (Å²) in [6, 6.07) is 9.29. The first-order chi connectivity index (χ1) is 8.22. The number of carbonyl (C=O) groups excluding carboxylic acids is 1. The topological polar surface area (TPSA) is 39.1 Å². The van der Waals surface area contributed by atoms with Crippen molar-refractivity contribution in [3.63, 3.8) is 0 Å². The maximum absolute atomic E-state index is 12.1. The van der Waals surface area contributed by atoms with Gasteiger partial charge in [-0.2, -0.15) is 0 Å². The summed E-state index contributed by atoms with van der Waals surface area (Å²) in [6.45, 7) is 2.14. The number of hydrogen-bond acceptors (Lipinski definition) is 2. The number of pyridine rings is 1. The maximum atomic E-state index is 12.1. The third kappa shape index (κ3) is 2.44. The molecule has 3 nitrogen and oxygen atoms in total. The van der Waals surface area contributed by atoms with Gasteiger partial charge in [0.15, 0.2) is 5.78 Å². The number of rotatable bonds is 4. The Morgan fingerprint density at radius 1 is 1.24 bits per heavy atom. The monoisotopic (exact) mass is 229 g/mol. The first kappa shape index (κ1) is 11.6. The highest BCUT2D eigenvalue weighted by atomic mass is 16.1. The average Bonchev–Trinajstić information content (AvgIpc) is 2.33. The molecule has 3 heteroatoms. The Bertz CT molecular complexity index is 598. The molecule has 0 aliphatic rings. The van der Waals surface area contributed by atoms with Crippen molar-refractivity contribution in [2.24, 2.45) is 0 Å². The third-order valence-electron chi connectivity index (χ3n) is 2.76. The van der Waals surface area contributed by atoms with E-state index in [1.807, 2.05) is 31.2 Å². The van der Waals surface area contributed by atoms with E-state index in [1.165, 1.54) is 4.57 Å². The maximum Gasteiger partial charge on any atom is 0.258 e. The predicted octanol–water partition coefficient (Wildman–Crippen LogP) is 2.37. The van der Waals surface area contributed by atoms with Gasteiger partial charge < -0.3 is 4.57 Å². The Balaban J connectivity index is 2.39. The highest BCUT2D eigenvalue weighted by Gasteiger charge is 2.05. The first-order valence-electron chi connectivity index (χ1n) is 5.82. The number of ketones is 1. The summed E-state index contributed by atoms with van der Waals surface area (Å²) in [4.78, 5) is 23.6. The standard InChI is InChI=1S/C14H15NO2/c1-2-5-12(16)10-15-9-8-11-6-3-4-7-13(11)14(15)17/h3-4,6-9H,2,5,10H2,1H3. The van der Waals surface area contributed by atoms with Crippen LogP contribution in [0.5, 0.6) is 0 Å². The molecule has 17 heavy (non-hydrogen) atoms. The van der Waals surface area contributed by atoms with E-state index in [9.17, 15) is 9.59 Å². The molecule has 88 valence electrons. The molecule has 0 amide bonds. The largest absolute Gasteiger partial charge is 0.308 e. The van der Waals surface area contributed by atoms with E-state index >= 15 is 0 Å². The molecule has 0 unspecified atom stereocenters. The fourth-order valence-corrected chi connectivity index (χ4v) is 1.90. The summed E-state index contributed by atoms with van der Waals surface area (Å²) in [5.74, 6) is 0.102. The number of carbonyl (C=O) groups is 1. The first-order valence-corrected chi connectivity index (χ1v) is 5.82. The Morgan fingerprint density at radius 3 is 2.76 bits per heavy atom. The van der Waals surface area contributed by atoms with Crippen LogP contribution in [0.15, 0.2) is 41.3 Å². The lowest BCUT2D eigenvalue weighted by Gasteiger charge is -2.05. The average molecular weight is 229 g/mol. The Kier molecular flexibility index (Phi) is 3.38. The molecule has 0 bridgehead atoms. The quantitative estimate of drug-likeness (QED) is 0.807. The van der Waals surface area contributed by atoms with Gasteiger partial charge in [-0.15, -0.1) is 0 Å². The van der Waals surface area contributed by atoms with Crippen LogP contribution in [0.4, 0.5) is 0 Å². The van der Waals surface area contributed by atoms with Crippen LogP contribution in [0, 0.1) is 0 Å². The fourth-order valence-electron chi connectivity index (χ4n) is 1.90. The van der Waals surface area contributed by atoms with E-state index in [2.05, 4.69) is 0 Å². The van der Waals surface area contributed by atoms with E-state index in [0.29, 0.717) is 11.8 Å². The minimum Gasteiger partial charge on any atom is -0.308 e. The molecule has 0 N–H and O–H groups in total. The summed E-state index contributed by atoms with van der Waals surface area (Å²) < 4.78 is 1.49. The predicted molar refractivity (Wildman–Crippen MR) is 68.1 cm³/mol.